The van der Waals surface area contributed by atoms with Gasteiger partial charge in [-0.25, -0.2) is 4.79 Å². The first-order valence-corrected chi connectivity index (χ1v) is 25.0. The number of amides is 1. The van der Waals surface area contributed by atoms with Gasteiger partial charge in [-0.15, -0.1) is 0 Å². The van der Waals surface area contributed by atoms with E-state index in [-0.39, 0.29) is 18.0 Å². The maximum Gasteiger partial charge on any atom is 0.326 e. The smallest absolute Gasteiger partial charge is 0.326 e. The molecule has 0 aromatic rings. The lowest BCUT2D eigenvalue weighted by Gasteiger charge is -2.15. The Hall–Kier alpha value is -2.67. The fourth-order valence-electron chi connectivity index (χ4n) is 7.42. The van der Waals surface area contributed by atoms with E-state index >= 15 is 0 Å². The number of nitrogens with one attached hydrogen (secondary N) is 1. The molecule has 0 spiro atoms. The highest BCUT2D eigenvalue weighted by Crippen LogP contribution is 2.17. The molecule has 0 radical (unpaired) electrons. The largest absolute Gasteiger partial charge is 0.480 e. The lowest BCUT2D eigenvalue weighted by molar-refractivity contribution is -0.147. The average molecular weight is 827 g/mol. The van der Waals surface area contributed by atoms with Gasteiger partial charge in [0.15, 0.2) is 0 Å². The summed E-state index contributed by atoms with van der Waals surface area (Å²) in [5, 5.41) is 11.9. The van der Waals surface area contributed by atoms with E-state index < -0.39 is 12.0 Å². The normalized spacial score (nSPS) is 13.0. The van der Waals surface area contributed by atoms with Gasteiger partial charge >= 0.3 is 11.9 Å². The van der Waals surface area contributed by atoms with Gasteiger partial charge in [0.05, 0.1) is 0 Å². The summed E-state index contributed by atoms with van der Waals surface area (Å²) in [5.74, 6) is -1.32. The van der Waals surface area contributed by atoms with E-state index in [9.17, 15) is 19.5 Å². The first-order valence-electron chi connectivity index (χ1n) is 25.0. The molecule has 342 valence electrons. The number of esters is 1. The van der Waals surface area contributed by atoms with Crippen LogP contribution in [0.1, 0.15) is 245 Å². The molecule has 2 atom stereocenters. The Labute approximate surface area is 364 Å². The molecule has 0 aliphatic rings. The average Bonchev–Trinajstić information content (AvgIpc) is 3.22. The van der Waals surface area contributed by atoms with E-state index in [1.54, 1.807) is 0 Å². The molecule has 0 bridgehead atoms. The van der Waals surface area contributed by atoms with Crippen molar-refractivity contribution in [1.82, 2.24) is 5.32 Å². The summed E-state index contributed by atoms with van der Waals surface area (Å²) >= 11 is 0. The molecular weight excluding hydrogens is 733 g/mol. The van der Waals surface area contributed by atoms with Gasteiger partial charge in [0.25, 0.3) is 0 Å². The number of nitrogens with two attached hydrogens (primary N) is 1. The third-order valence-electron chi connectivity index (χ3n) is 11.1. The third kappa shape index (κ3) is 43.2. The highest BCUT2D eigenvalue weighted by atomic mass is 16.5. The number of rotatable bonds is 45. The molecule has 4 N–H and O–H groups in total. The maximum atomic E-state index is 12.8. The highest BCUT2D eigenvalue weighted by molar-refractivity contribution is 5.83. The first kappa shape index (κ1) is 56.3. The number of carbonyl (C=O) groups excluding carboxylic acids is 2. The zero-order chi connectivity index (χ0) is 43.1. The van der Waals surface area contributed by atoms with Crippen LogP contribution in [0.5, 0.6) is 0 Å². The Balaban J connectivity index is 4.22. The second-order valence-electron chi connectivity index (χ2n) is 16.9. The molecule has 59 heavy (non-hydrogen) atoms. The molecule has 0 aromatic heterocycles. The second-order valence-corrected chi connectivity index (χ2v) is 16.9. The lowest BCUT2D eigenvalue weighted by atomic mass is 10.0. The molecule has 7 nitrogen and oxygen atoms in total. The number of ether oxygens (including phenoxy) is 1. The van der Waals surface area contributed by atoms with Crippen LogP contribution < -0.4 is 11.1 Å². The monoisotopic (exact) mass is 827 g/mol. The van der Waals surface area contributed by atoms with Crippen LogP contribution in [0.2, 0.25) is 0 Å². The Kier molecular flexibility index (Phi) is 44.3. The fourth-order valence-corrected chi connectivity index (χ4v) is 7.42. The van der Waals surface area contributed by atoms with Crippen molar-refractivity contribution in [3.63, 3.8) is 0 Å². The van der Waals surface area contributed by atoms with Crippen molar-refractivity contribution in [2.45, 2.75) is 257 Å². The van der Waals surface area contributed by atoms with E-state index in [1.165, 1.54) is 128 Å². The molecule has 1 amide bonds. The van der Waals surface area contributed by atoms with Crippen LogP contribution in [0.4, 0.5) is 0 Å². The van der Waals surface area contributed by atoms with Gasteiger partial charge in [-0.2, -0.15) is 0 Å². The Morgan fingerprint density at radius 2 is 0.915 bits per heavy atom. The van der Waals surface area contributed by atoms with Gasteiger partial charge in [-0.1, -0.05) is 210 Å². The van der Waals surface area contributed by atoms with Crippen LogP contribution in [0.25, 0.3) is 0 Å². The van der Waals surface area contributed by atoms with Crippen LogP contribution >= 0.6 is 0 Å². The molecule has 0 aromatic carbocycles. The molecule has 7 heteroatoms. The number of allylic oxidation sites excluding steroid dienone is 7. The number of carboxylic acid groups (broad SMARTS) is 1. The van der Waals surface area contributed by atoms with Gasteiger partial charge in [0, 0.05) is 12.8 Å². The van der Waals surface area contributed by atoms with Crippen LogP contribution in [0, 0.1) is 0 Å². The van der Waals surface area contributed by atoms with Gasteiger partial charge < -0.3 is 20.9 Å². The molecule has 0 saturated carbocycles. The Morgan fingerprint density at radius 1 is 0.508 bits per heavy atom. The number of hydrogen-bond donors (Lipinski definition) is 3. The van der Waals surface area contributed by atoms with E-state index in [0.29, 0.717) is 32.2 Å². The fraction of sp³-hybridized carbons (Fsp3) is 0.788. The first-order chi connectivity index (χ1) is 28.9. The summed E-state index contributed by atoms with van der Waals surface area (Å²) in [6.45, 7) is 4.84. The van der Waals surface area contributed by atoms with E-state index in [0.717, 1.165) is 77.0 Å². The number of unbranched alkanes of at least 4 members (excludes halogenated alkanes) is 25. The third-order valence-corrected chi connectivity index (χ3v) is 11.1. The topological polar surface area (TPSA) is 119 Å². The van der Waals surface area contributed by atoms with Gasteiger partial charge in [0.2, 0.25) is 5.91 Å². The minimum Gasteiger partial charge on any atom is -0.480 e. The van der Waals surface area contributed by atoms with E-state index in [1.807, 2.05) is 0 Å². The summed E-state index contributed by atoms with van der Waals surface area (Å²) in [4.78, 5) is 36.4. The number of carboxylic acids is 1. The van der Waals surface area contributed by atoms with Gasteiger partial charge in [0.1, 0.15) is 12.1 Å². The summed E-state index contributed by atoms with van der Waals surface area (Å²) in [7, 11) is 0. The molecule has 0 aliphatic heterocycles. The molecule has 0 aliphatic carbocycles. The molecule has 0 rings (SSSR count). The van der Waals surface area contributed by atoms with Crippen LogP contribution in [-0.4, -0.2) is 41.6 Å². The number of carbonyl (C=O) groups is 3. The van der Waals surface area contributed by atoms with Crippen LogP contribution in [-0.2, 0) is 19.1 Å². The Morgan fingerprint density at radius 3 is 1.36 bits per heavy atom. The standard InChI is InChI=1S/C52H94N2O5/c1-3-5-7-9-11-13-15-16-17-18-19-20-21-22-23-24-25-27-29-31-36-40-46-51(56)59-48(42-37-33-30-28-26-14-12-10-8-6-4-2)43-38-34-32-35-39-45-50(55)54-49(52(57)58)44-41-47-53/h6,8,12,14,28,30,37,42,48-49H,3-5,7,9-11,13,15-27,29,31-36,38-41,43-47,53H2,1-2H3,(H,54,55)(H,57,58)/b8-6-,14-12-,30-28-,42-37-. The zero-order valence-electron chi connectivity index (χ0n) is 38.6. The number of hydrogen-bond acceptors (Lipinski definition) is 5. The van der Waals surface area contributed by atoms with Crippen molar-refractivity contribution in [3.8, 4) is 0 Å². The summed E-state index contributed by atoms with van der Waals surface area (Å²) < 4.78 is 5.96. The molecular formula is C52H94N2O5. The second kappa shape index (κ2) is 46.4. The van der Waals surface area contributed by atoms with Crippen molar-refractivity contribution in [2.75, 3.05) is 6.54 Å². The molecule has 0 heterocycles. The SMILES string of the molecule is CC/C=C\C/C=C\C/C=C\C/C=C\C(CCCCCCCC(=O)NC(CCCN)C(=O)O)OC(=O)CCCCCCCCCCCCCCCCCCCCCCCC. The highest BCUT2D eigenvalue weighted by Gasteiger charge is 2.19. The van der Waals surface area contributed by atoms with Crippen molar-refractivity contribution in [1.29, 1.82) is 0 Å². The lowest BCUT2D eigenvalue weighted by Crippen LogP contribution is -2.40. The van der Waals surface area contributed by atoms with E-state index in [2.05, 4.69) is 67.8 Å². The predicted molar refractivity (Wildman–Crippen MR) is 253 cm³/mol. The summed E-state index contributed by atoms with van der Waals surface area (Å²) in [5.41, 5.74) is 5.49. The van der Waals surface area contributed by atoms with Crippen LogP contribution in [0.3, 0.4) is 0 Å². The predicted octanol–water partition coefficient (Wildman–Crippen LogP) is 14.7. The molecule has 0 fully saturated rings. The maximum absolute atomic E-state index is 12.8. The van der Waals surface area contributed by atoms with Crippen molar-refractivity contribution in [2.24, 2.45) is 5.73 Å². The summed E-state index contributed by atoms with van der Waals surface area (Å²) in [6, 6.07) is -0.868. The quantitative estimate of drug-likeness (QED) is 0.0320. The van der Waals surface area contributed by atoms with Crippen LogP contribution in [0.15, 0.2) is 48.6 Å². The van der Waals surface area contributed by atoms with Crippen molar-refractivity contribution in [3.05, 3.63) is 48.6 Å². The zero-order valence-corrected chi connectivity index (χ0v) is 38.6. The number of aliphatic carboxylic acids is 1. The van der Waals surface area contributed by atoms with E-state index in [4.69, 9.17) is 10.5 Å². The Bertz CT molecular complexity index is 1070. The van der Waals surface area contributed by atoms with Gasteiger partial charge in [-0.05, 0) is 76.8 Å². The summed E-state index contributed by atoms with van der Waals surface area (Å²) in [6.07, 6.45) is 57.7. The molecule has 2 unspecified atom stereocenters. The minimum atomic E-state index is -1.01. The van der Waals surface area contributed by atoms with Crippen molar-refractivity contribution >= 4 is 17.8 Å². The molecule has 0 saturated heterocycles. The minimum absolute atomic E-state index is 0.0947. The van der Waals surface area contributed by atoms with Crippen molar-refractivity contribution < 1.29 is 24.2 Å². The van der Waals surface area contributed by atoms with Gasteiger partial charge in [-0.3, -0.25) is 9.59 Å².